The number of halogens is 1. The largest absolute Gasteiger partial charge is 0.479 e. The maximum absolute atomic E-state index is 12.3. The molecule has 1 N–H and O–H groups in total. The molecule has 6 heteroatoms. The molecule has 5 nitrogen and oxygen atoms in total. The number of aryl methyl sites for hydroxylation is 1. The van der Waals surface area contributed by atoms with Gasteiger partial charge in [-0.2, -0.15) is 0 Å². The summed E-state index contributed by atoms with van der Waals surface area (Å²) in [6.07, 6.45) is -0.773. The van der Waals surface area contributed by atoms with E-state index in [9.17, 15) is 9.59 Å². The molecule has 0 saturated carbocycles. The highest BCUT2D eigenvalue weighted by atomic mass is 35.5. The Morgan fingerprint density at radius 1 is 0.931 bits per heavy atom. The lowest BCUT2D eigenvalue weighted by molar-refractivity contribution is -0.141. The Balaban J connectivity index is 1.57. The van der Waals surface area contributed by atoms with Gasteiger partial charge in [-0.25, -0.2) is 4.79 Å². The van der Waals surface area contributed by atoms with E-state index in [0.717, 1.165) is 5.56 Å². The van der Waals surface area contributed by atoms with E-state index in [1.807, 2.05) is 25.1 Å². The topological polar surface area (TPSA) is 64.6 Å². The molecule has 0 heterocycles. The van der Waals surface area contributed by atoms with Crippen LogP contribution in [0.5, 0.6) is 11.5 Å². The first-order valence-corrected chi connectivity index (χ1v) is 9.40. The highest BCUT2D eigenvalue weighted by molar-refractivity contribution is 6.30. The van der Waals surface area contributed by atoms with Crippen LogP contribution in [0.1, 0.15) is 22.8 Å². The second-order valence-corrected chi connectivity index (χ2v) is 6.92. The molecule has 0 aliphatic heterocycles. The van der Waals surface area contributed by atoms with Crippen LogP contribution >= 0.6 is 11.6 Å². The van der Waals surface area contributed by atoms with E-state index < -0.39 is 12.1 Å². The molecule has 0 saturated heterocycles. The molecule has 0 radical (unpaired) electrons. The summed E-state index contributed by atoms with van der Waals surface area (Å²) in [5.41, 5.74) is 2.11. The zero-order valence-corrected chi connectivity index (χ0v) is 16.8. The van der Waals surface area contributed by atoms with E-state index in [-0.39, 0.29) is 5.91 Å². The van der Waals surface area contributed by atoms with Gasteiger partial charge in [0.15, 0.2) is 6.10 Å². The molecule has 0 fully saturated rings. The van der Waals surface area contributed by atoms with Crippen LogP contribution in [0.2, 0.25) is 5.02 Å². The highest BCUT2D eigenvalue weighted by Crippen LogP contribution is 2.18. The molecule has 3 aromatic carbocycles. The third-order valence-corrected chi connectivity index (χ3v) is 4.32. The predicted molar refractivity (Wildman–Crippen MR) is 113 cm³/mol. The molecule has 1 amide bonds. The number of carbonyl (C=O) groups is 2. The van der Waals surface area contributed by atoms with Gasteiger partial charge in [0.25, 0.3) is 5.91 Å². The van der Waals surface area contributed by atoms with Crippen molar-refractivity contribution in [2.24, 2.45) is 0 Å². The third-order valence-electron chi connectivity index (χ3n) is 4.07. The van der Waals surface area contributed by atoms with Gasteiger partial charge in [0.2, 0.25) is 0 Å². The van der Waals surface area contributed by atoms with Crippen molar-refractivity contribution in [1.82, 2.24) is 0 Å². The monoisotopic (exact) mass is 409 g/mol. The number of carbonyl (C=O) groups excluding carboxylic acids is 2. The van der Waals surface area contributed by atoms with Crippen LogP contribution < -0.4 is 14.8 Å². The van der Waals surface area contributed by atoms with Gasteiger partial charge in [-0.1, -0.05) is 23.7 Å². The summed E-state index contributed by atoms with van der Waals surface area (Å²) >= 11 is 5.84. The van der Waals surface area contributed by atoms with Gasteiger partial charge in [0, 0.05) is 16.3 Å². The van der Waals surface area contributed by atoms with Crippen molar-refractivity contribution in [2.45, 2.75) is 20.0 Å². The summed E-state index contributed by atoms with van der Waals surface area (Å²) in [7, 11) is 0. The van der Waals surface area contributed by atoms with E-state index >= 15 is 0 Å². The highest BCUT2D eigenvalue weighted by Gasteiger charge is 2.17. The quantitative estimate of drug-likeness (QED) is 0.444. The molecule has 1 unspecified atom stereocenters. The van der Waals surface area contributed by atoms with Gasteiger partial charge in [0.1, 0.15) is 11.5 Å². The maximum Gasteiger partial charge on any atom is 0.352 e. The number of ether oxygens (including phenoxy) is 2. The number of hydrogen-bond acceptors (Lipinski definition) is 4. The lowest BCUT2D eigenvalue weighted by Gasteiger charge is -2.14. The van der Waals surface area contributed by atoms with Crippen LogP contribution in [-0.4, -0.2) is 18.0 Å². The molecular weight excluding hydrogens is 390 g/mol. The van der Waals surface area contributed by atoms with Crippen LogP contribution in [-0.2, 0) is 4.79 Å². The van der Waals surface area contributed by atoms with Crippen molar-refractivity contribution in [3.05, 3.63) is 88.9 Å². The average Bonchev–Trinajstić information content (AvgIpc) is 2.70. The number of rotatable bonds is 6. The van der Waals surface area contributed by atoms with Crippen molar-refractivity contribution in [2.75, 3.05) is 5.32 Å². The van der Waals surface area contributed by atoms with Gasteiger partial charge in [-0.3, -0.25) is 4.79 Å². The number of benzene rings is 3. The molecule has 0 aliphatic rings. The number of hydrogen-bond donors (Lipinski definition) is 1. The summed E-state index contributed by atoms with van der Waals surface area (Å²) in [6, 6.07) is 20.5. The Morgan fingerprint density at radius 3 is 2.28 bits per heavy atom. The molecule has 0 aliphatic carbocycles. The lowest BCUT2D eigenvalue weighted by atomic mass is 10.2. The fourth-order valence-corrected chi connectivity index (χ4v) is 2.68. The van der Waals surface area contributed by atoms with E-state index in [2.05, 4.69) is 5.32 Å². The number of nitrogens with one attached hydrogen (secondary N) is 1. The van der Waals surface area contributed by atoms with Gasteiger partial charge >= 0.3 is 5.97 Å². The minimum absolute atomic E-state index is 0.277. The van der Waals surface area contributed by atoms with Crippen molar-refractivity contribution < 1.29 is 19.1 Å². The first kappa shape index (κ1) is 20.4. The van der Waals surface area contributed by atoms with Crippen molar-refractivity contribution >= 4 is 29.2 Å². The molecule has 0 spiro atoms. The van der Waals surface area contributed by atoms with E-state index in [1.54, 1.807) is 61.5 Å². The summed E-state index contributed by atoms with van der Waals surface area (Å²) in [6.45, 7) is 3.57. The minimum atomic E-state index is -0.773. The van der Waals surface area contributed by atoms with E-state index in [1.165, 1.54) is 0 Å². The molecular formula is C23H20ClNO4. The standard InChI is InChI=1S/C23H20ClNO4/c1-15-4-3-5-21(14-15)28-16(2)23(27)29-20-12-6-17(7-13-20)22(26)25-19-10-8-18(24)9-11-19/h3-14,16H,1-2H3,(H,25,26). The van der Waals surface area contributed by atoms with Gasteiger partial charge in [-0.15, -0.1) is 0 Å². The number of esters is 1. The molecule has 29 heavy (non-hydrogen) atoms. The maximum atomic E-state index is 12.3. The first-order valence-electron chi connectivity index (χ1n) is 9.03. The van der Waals surface area contributed by atoms with E-state index in [0.29, 0.717) is 27.8 Å². The molecule has 148 valence electrons. The van der Waals surface area contributed by atoms with Crippen LogP contribution in [0.15, 0.2) is 72.8 Å². The Kier molecular flexibility index (Phi) is 6.52. The van der Waals surface area contributed by atoms with Crippen LogP contribution in [0.3, 0.4) is 0 Å². The second-order valence-electron chi connectivity index (χ2n) is 6.48. The summed E-state index contributed by atoms with van der Waals surface area (Å²) in [5, 5.41) is 3.36. The molecule has 0 bridgehead atoms. The van der Waals surface area contributed by atoms with E-state index in [4.69, 9.17) is 21.1 Å². The second kappa shape index (κ2) is 9.26. The normalized spacial score (nSPS) is 11.4. The molecule has 3 aromatic rings. The van der Waals surface area contributed by atoms with Crippen molar-refractivity contribution in [3.8, 4) is 11.5 Å². The Morgan fingerprint density at radius 2 is 1.62 bits per heavy atom. The number of amides is 1. The molecule has 1 atom stereocenters. The zero-order chi connectivity index (χ0) is 20.8. The molecule has 3 rings (SSSR count). The van der Waals surface area contributed by atoms with Gasteiger partial charge in [0.05, 0.1) is 0 Å². The summed E-state index contributed by atoms with van der Waals surface area (Å²) < 4.78 is 11.0. The first-order chi connectivity index (χ1) is 13.9. The Labute approximate surface area is 174 Å². The third kappa shape index (κ3) is 5.83. The summed E-state index contributed by atoms with van der Waals surface area (Å²) in [5.74, 6) is 0.132. The zero-order valence-electron chi connectivity index (χ0n) is 16.0. The van der Waals surface area contributed by atoms with Crippen LogP contribution in [0.4, 0.5) is 5.69 Å². The van der Waals surface area contributed by atoms with Crippen molar-refractivity contribution in [3.63, 3.8) is 0 Å². The van der Waals surface area contributed by atoms with Crippen LogP contribution in [0.25, 0.3) is 0 Å². The average molecular weight is 410 g/mol. The Hall–Kier alpha value is -3.31. The fraction of sp³-hybridized carbons (Fsp3) is 0.130. The summed E-state index contributed by atoms with van der Waals surface area (Å²) in [4.78, 5) is 24.6. The fourth-order valence-electron chi connectivity index (χ4n) is 2.55. The Bertz CT molecular complexity index is 1000. The lowest BCUT2D eigenvalue weighted by Crippen LogP contribution is -2.28. The van der Waals surface area contributed by atoms with Crippen LogP contribution in [0, 0.1) is 6.92 Å². The number of anilines is 1. The SMILES string of the molecule is Cc1cccc(OC(C)C(=O)Oc2ccc(C(=O)Nc3ccc(Cl)cc3)cc2)c1. The predicted octanol–water partition coefficient (Wildman–Crippen LogP) is 5.27. The molecule has 0 aromatic heterocycles. The van der Waals surface area contributed by atoms with Gasteiger partial charge in [-0.05, 0) is 80.1 Å². The smallest absolute Gasteiger partial charge is 0.352 e. The van der Waals surface area contributed by atoms with Gasteiger partial charge < -0.3 is 14.8 Å². The van der Waals surface area contributed by atoms with Crippen molar-refractivity contribution in [1.29, 1.82) is 0 Å². The minimum Gasteiger partial charge on any atom is -0.479 e.